The number of aliphatic hydroxyl groups excluding tert-OH is 1. The normalized spacial score (nSPS) is 15.0. The molecule has 0 spiro atoms. The molecule has 6 nitrogen and oxygen atoms in total. The van der Waals surface area contributed by atoms with Gasteiger partial charge in [-0.1, -0.05) is 311 Å². The molecule has 0 saturated carbocycles. The zero-order valence-corrected chi connectivity index (χ0v) is 45.3. The van der Waals surface area contributed by atoms with Crippen molar-refractivity contribution in [1.82, 2.24) is 0 Å². The number of aliphatic hydroxyl groups is 3. The highest BCUT2D eigenvalue weighted by Gasteiger charge is 2.64. The summed E-state index contributed by atoms with van der Waals surface area (Å²) >= 11 is 0. The van der Waals surface area contributed by atoms with Gasteiger partial charge in [0.1, 0.15) is 0 Å². The quantitative estimate of drug-likeness (QED) is 0.0414. The molecule has 0 aromatic rings. The van der Waals surface area contributed by atoms with Crippen molar-refractivity contribution in [2.75, 3.05) is 6.61 Å². The first kappa shape index (κ1) is 64.9. The van der Waals surface area contributed by atoms with Gasteiger partial charge in [0.2, 0.25) is 5.60 Å². The van der Waals surface area contributed by atoms with Crippen LogP contribution >= 0.6 is 0 Å². The summed E-state index contributed by atoms with van der Waals surface area (Å²) in [5, 5.41) is 35.3. The molecule has 0 aliphatic carbocycles. The van der Waals surface area contributed by atoms with Gasteiger partial charge in [0.25, 0.3) is 0 Å². The molecule has 392 valence electrons. The van der Waals surface area contributed by atoms with Crippen molar-refractivity contribution in [3.63, 3.8) is 0 Å². The second-order valence-corrected chi connectivity index (χ2v) is 21.7. The third-order valence-electron chi connectivity index (χ3n) is 15.3. The van der Waals surface area contributed by atoms with E-state index in [0.717, 1.165) is 77.0 Å². The molecule has 0 fully saturated rings. The monoisotopic (exact) mass is 933 g/mol. The summed E-state index contributed by atoms with van der Waals surface area (Å²) in [7, 11) is 0. The lowest BCUT2D eigenvalue weighted by atomic mass is 9.66. The summed E-state index contributed by atoms with van der Waals surface area (Å²) in [4.78, 5) is 43.0. The van der Waals surface area contributed by atoms with Gasteiger partial charge in [-0.05, 0) is 19.3 Å². The largest absolute Gasteiger partial charge is 0.393 e. The van der Waals surface area contributed by atoms with Crippen molar-refractivity contribution in [3.8, 4) is 0 Å². The second-order valence-electron chi connectivity index (χ2n) is 21.7. The van der Waals surface area contributed by atoms with E-state index in [0.29, 0.717) is 19.3 Å². The fraction of sp³-hybridized carbons (Fsp3) is 0.950. The maximum Gasteiger partial charge on any atom is 0.220 e. The molecule has 0 radical (unpaired) electrons. The number of unbranched alkanes of at least 4 members (excludes halogenated alkanes) is 39. The topological polar surface area (TPSA) is 112 Å². The van der Waals surface area contributed by atoms with Crippen LogP contribution in [0, 0.1) is 17.8 Å². The predicted octanol–water partition coefficient (Wildman–Crippen LogP) is 17.7. The molecule has 0 rings (SSSR count). The molecule has 0 heterocycles. The van der Waals surface area contributed by atoms with Crippen LogP contribution in [0.4, 0.5) is 0 Å². The third-order valence-corrected chi connectivity index (χ3v) is 15.3. The maximum atomic E-state index is 14.4. The Morgan fingerprint density at radius 2 is 0.470 bits per heavy atom. The van der Waals surface area contributed by atoms with Crippen LogP contribution in [0.5, 0.6) is 0 Å². The van der Waals surface area contributed by atoms with Crippen molar-refractivity contribution in [1.29, 1.82) is 0 Å². The average molecular weight is 934 g/mol. The van der Waals surface area contributed by atoms with E-state index in [1.54, 1.807) is 20.8 Å². The molecule has 4 atom stereocenters. The smallest absolute Gasteiger partial charge is 0.220 e. The van der Waals surface area contributed by atoms with Gasteiger partial charge < -0.3 is 15.3 Å². The van der Waals surface area contributed by atoms with Crippen molar-refractivity contribution < 1.29 is 29.7 Å². The average Bonchev–Trinajstić information content (AvgIpc) is 3.32. The molecule has 0 aromatic carbocycles. The van der Waals surface area contributed by atoms with Gasteiger partial charge in [-0.25, -0.2) is 0 Å². The van der Waals surface area contributed by atoms with E-state index in [4.69, 9.17) is 0 Å². The maximum absolute atomic E-state index is 14.4. The van der Waals surface area contributed by atoms with Gasteiger partial charge in [-0.2, -0.15) is 0 Å². The Morgan fingerprint density at radius 1 is 0.303 bits per heavy atom. The van der Waals surface area contributed by atoms with Gasteiger partial charge in [0, 0.05) is 17.8 Å². The Balaban J connectivity index is 5.24. The van der Waals surface area contributed by atoms with E-state index in [1.807, 2.05) is 0 Å². The van der Waals surface area contributed by atoms with Crippen molar-refractivity contribution in [2.24, 2.45) is 17.8 Å². The number of rotatable bonds is 53. The van der Waals surface area contributed by atoms with Crippen LogP contribution in [0.1, 0.15) is 330 Å². The SMILES string of the molecule is CCCCCCCCCCCCCCCCC(C)C(=O)C(O)(CO)C(O)(C(=O)C(C)CCCCCCCCCCCCCCCC)C(=O)C(C)CCCCCCCCCCCCCCCC. The first-order valence-electron chi connectivity index (χ1n) is 29.7. The molecule has 0 aromatic heterocycles. The van der Waals surface area contributed by atoms with E-state index in [9.17, 15) is 29.7 Å². The third kappa shape index (κ3) is 30.5. The Labute approximate surface area is 411 Å². The minimum Gasteiger partial charge on any atom is -0.393 e. The Hall–Kier alpha value is -1.11. The van der Waals surface area contributed by atoms with Crippen molar-refractivity contribution >= 4 is 17.3 Å². The fourth-order valence-corrected chi connectivity index (χ4v) is 10.3. The van der Waals surface area contributed by atoms with Crippen LogP contribution in [-0.2, 0) is 14.4 Å². The van der Waals surface area contributed by atoms with Crippen LogP contribution in [-0.4, -0.2) is 50.5 Å². The molecule has 66 heavy (non-hydrogen) atoms. The molecule has 3 N–H and O–H groups in total. The lowest BCUT2D eigenvalue weighted by Gasteiger charge is -2.42. The molecule has 0 amide bonds. The second kappa shape index (κ2) is 45.1. The van der Waals surface area contributed by atoms with E-state index in [1.165, 1.54) is 193 Å². The molecular weight excluding hydrogens is 817 g/mol. The fourth-order valence-electron chi connectivity index (χ4n) is 10.3. The number of carbonyl (C=O) groups excluding carboxylic acids is 3. The molecule has 6 heteroatoms. The summed E-state index contributed by atoms with van der Waals surface area (Å²) in [5.74, 6) is -4.62. The van der Waals surface area contributed by atoms with Crippen LogP contribution in [0.2, 0.25) is 0 Å². The zero-order valence-electron chi connectivity index (χ0n) is 45.3. The van der Waals surface area contributed by atoms with Gasteiger partial charge in [-0.15, -0.1) is 0 Å². The molecule has 0 bridgehead atoms. The zero-order chi connectivity index (χ0) is 49.0. The standard InChI is InChI=1S/C60H116O6/c1-7-10-13-16-19-22-25-28-31-34-37-40-43-46-49-53(4)56(62)59(65,52-61)60(66,57(63)54(5)50-47-44-41-38-35-32-29-26-23-20-17-14-11-8-2)58(64)55(6)51-48-45-42-39-36-33-30-27-24-21-18-15-12-9-3/h53-55,61,65-66H,7-52H2,1-6H3. The van der Waals surface area contributed by atoms with Crippen LogP contribution < -0.4 is 0 Å². The number of ketones is 3. The van der Waals surface area contributed by atoms with Crippen molar-refractivity contribution in [2.45, 2.75) is 342 Å². The minimum absolute atomic E-state index is 0.462. The van der Waals surface area contributed by atoms with E-state index >= 15 is 0 Å². The lowest BCUT2D eigenvalue weighted by molar-refractivity contribution is -0.199. The number of hydrogen-bond acceptors (Lipinski definition) is 6. The first-order valence-corrected chi connectivity index (χ1v) is 29.7. The number of carbonyl (C=O) groups is 3. The summed E-state index contributed by atoms with van der Waals surface area (Å²) in [6, 6.07) is 0. The number of hydrogen-bond donors (Lipinski definition) is 3. The molecule has 4 unspecified atom stereocenters. The van der Waals surface area contributed by atoms with E-state index in [-0.39, 0.29) is 0 Å². The highest BCUT2D eigenvalue weighted by molar-refractivity contribution is 6.17. The van der Waals surface area contributed by atoms with Crippen LogP contribution in [0.15, 0.2) is 0 Å². The van der Waals surface area contributed by atoms with Gasteiger partial charge in [0.05, 0.1) is 6.61 Å². The Kier molecular flexibility index (Phi) is 44.3. The van der Waals surface area contributed by atoms with Gasteiger partial charge in [0.15, 0.2) is 23.0 Å². The van der Waals surface area contributed by atoms with Gasteiger partial charge in [-0.3, -0.25) is 14.4 Å². The van der Waals surface area contributed by atoms with Gasteiger partial charge >= 0.3 is 0 Å². The molecular formula is C60H116O6. The summed E-state index contributed by atoms with van der Waals surface area (Å²) in [5.41, 5.74) is -5.88. The van der Waals surface area contributed by atoms with Crippen molar-refractivity contribution in [3.05, 3.63) is 0 Å². The van der Waals surface area contributed by atoms with Crippen LogP contribution in [0.3, 0.4) is 0 Å². The molecule has 0 aliphatic heterocycles. The molecule has 0 aliphatic rings. The summed E-state index contributed by atoms with van der Waals surface area (Å²) in [6.45, 7) is 10.7. The first-order chi connectivity index (χ1) is 32.0. The number of Topliss-reactive ketones (excluding diaryl/α,β-unsaturated/α-hetero) is 3. The Bertz CT molecular complexity index is 1050. The van der Waals surface area contributed by atoms with E-state index < -0.39 is 52.9 Å². The van der Waals surface area contributed by atoms with Crippen LogP contribution in [0.25, 0.3) is 0 Å². The minimum atomic E-state index is -2.99. The summed E-state index contributed by atoms with van der Waals surface area (Å²) in [6.07, 6.45) is 52.9. The summed E-state index contributed by atoms with van der Waals surface area (Å²) < 4.78 is 0. The highest BCUT2D eigenvalue weighted by Crippen LogP contribution is 2.36. The lowest BCUT2D eigenvalue weighted by Crippen LogP contribution is -2.72. The molecule has 0 saturated heterocycles. The van der Waals surface area contributed by atoms with E-state index in [2.05, 4.69) is 20.8 Å². The predicted molar refractivity (Wildman–Crippen MR) is 284 cm³/mol. The highest BCUT2D eigenvalue weighted by atomic mass is 16.4. The Morgan fingerprint density at radius 3 is 0.652 bits per heavy atom.